The molecule has 22 heavy (non-hydrogen) atoms. The van der Waals surface area contributed by atoms with Gasteiger partial charge in [0.25, 0.3) is 0 Å². The van der Waals surface area contributed by atoms with Gasteiger partial charge < -0.3 is 30.0 Å². The van der Waals surface area contributed by atoms with Gasteiger partial charge in [-0.2, -0.15) is 0 Å². The highest BCUT2D eigenvalue weighted by Crippen LogP contribution is 2.39. The molecule has 0 aromatic rings. The number of hydrogen-bond acceptors (Lipinski definition) is 7. The van der Waals surface area contributed by atoms with Gasteiger partial charge in [-0.25, -0.2) is 0 Å². The fourth-order valence-corrected chi connectivity index (χ4v) is 2.71. The van der Waals surface area contributed by atoms with Crippen molar-refractivity contribution in [2.24, 2.45) is 16.6 Å². The Hall–Kier alpha value is -1.06. The van der Waals surface area contributed by atoms with E-state index in [9.17, 15) is 4.79 Å². The fraction of sp³-hybridized carbons (Fsp3) is 0.857. The molecule has 2 aliphatic heterocycles. The molecule has 0 radical (unpaired) electrons. The third kappa shape index (κ3) is 3.82. The predicted octanol–water partition coefficient (Wildman–Crippen LogP) is -0.730. The molecule has 2 fully saturated rings. The summed E-state index contributed by atoms with van der Waals surface area (Å²) in [5.74, 6) is -1.62. The van der Waals surface area contributed by atoms with Gasteiger partial charge in [-0.15, -0.1) is 0 Å². The maximum Gasteiger partial charge on any atom is 0.227 e. The molecule has 0 bridgehead atoms. The number of nitrogens with two attached hydrogens (primary N) is 1. The summed E-state index contributed by atoms with van der Waals surface area (Å²) in [6.45, 7) is 4.51. The van der Waals surface area contributed by atoms with E-state index in [0.29, 0.717) is 13.2 Å². The first-order valence-electron chi connectivity index (χ1n) is 7.35. The lowest BCUT2D eigenvalue weighted by Gasteiger charge is -2.22. The van der Waals surface area contributed by atoms with Crippen LogP contribution in [0.3, 0.4) is 0 Å². The molecule has 8 nitrogen and oxygen atoms in total. The van der Waals surface area contributed by atoms with Crippen LogP contribution >= 0.6 is 0 Å². The van der Waals surface area contributed by atoms with E-state index in [2.05, 4.69) is 10.3 Å². The van der Waals surface area contributed by atoms with Crippen molar-refractivity contribution in [2.75, 3.05) is 27.3 Å². The van der Waals surface area contributed by atoms with E-state index < -0.39 is 23.8 Å². The Bertz CT molecular complexity index is 429. The molecule has 5 unspecified atom stereocenters. The quantitative estimate of drug-likeness (QED) is 0.600. The van der Waals surface area contributed by atoms with Gasteiger partial charge in [0, 0.05) is 19.9 Å². The first kappa shape index (κ1) is 17.3. The van der Waals surface area contributed by atoms with E-state index in [0.717, 1.165) is 0 Å². The van der Waals surface area contributed by atoms with Crippen molar-refractivity contribution < 1.29 is 23.7 Å². The number of carbonyl (C=O) groups is 1. The molecule has 126 valence electrons. The highest BCUT2D eigenvalue weighted by molar-refractivity contribution is 5.92. The fourth-order valence-electron chi connectivity index (χ4n) is 2.71. The zero-order chi connectivity index (χ0) is 16.3. The Labute approximate surface area is 130 Å². The minimum Gasteiger partial charge on any atom is -0.382 e. The van der Waals surface area contributed by atoms with Crippen molar-refractivity contribution in [3.8, 4) is 0 Å². The molecular formula is C14H25N3O5. The molecule has 0 aromatic carbocycles. The first-order valence-corrected chi connectivity index (χ1v) is 7.35. The van der Waals surface area contributed by atoms with Crippen molar-refractivity contribution in [1.29, 1.82) is 0 Å². The maximum absolute atomic E-state index is 11.4. The summed E-state index contributed by atoms with van der Waals surface area (Å²) in [5, 5.41) is 2.90. The van der Waals surface area contributed by atoms with Crippen molar-refractivity contribution in [3.63, 3.8) is 0 Å². The number of hydrogen-bond donors (Lipinski definition) is 2. The van der Waals surface area contributed by atoms with E-state index in [1.807, 2.05) is 13.8 Å². The average Bonchev–Trinajstić information content (AvgIpc) is 2.90. The van der Waals surface area contributed by atoms with Crippen LogP contribution in [0.4, 0.5) is 0 Å². The van der Waals surface area contributed by atoms with E-state index in [1.165, 1.54) is 6.21 Å². The number of methoxy groups -OCH3 is 1. The molecule has 2 saturated heterocycles. The monoisotopic (exact) mass is 315 g/mol. The molecule has 2 rings (SSSR count). The van der Waals surface area contributed by atoms with Crippen LogP contribution in [0.5, 0.6) is 0 Å². The van der Waals surface area contributed by atoms with Gasteiger partial charge in [0.15, 0.2) is 12.0 Å². The smallest absolute Gasteiger partial charge is 0.227 e. The number of rotatable bonds is 7. The van der Waals surface area contributed by atoms with E-state index in [1.54, 1.807) is 14.2 Å². The minimum absolute atomic E-state index is 0.242. The number of nitrogens with one attached hydrogen (secondary N) is 1. The van der Waals surface area contributed by atoms with Crippen LogP contribution in [0.2, 0.25) is 0 Å². The second kappa shape index (κ2) is 7.01. The van der Waals surface area contributed by atoms with Gasteiger partial charge in [0.2, 0.25) is 5.91 Å². The summed E-state index contributed by atoms with van der Waals surface area (Å²) in [5.41, 5.74) is 5.35. The Morgan fingerprint density at radius 1 is 1.45 bits per heavy atom. The average molecular weight is 315 g/mol. The number of aliphatic imine (C=N–C) groups is 1. The highest BCUT2D eigenvalue weighted by Gasteiger charge is 2.55. The van der Waals surface area contributed by atoms with Crippen molar-refractivity contribution in [1.82, 2.24) is 5.32 Å². The van der Waals surface area contributed by atoms with Crippen LogP contribution in [0.1, 0.15) is 13.8 Å². The van der Waals surface area contributed by atoms with Gasteiger partial charge in [-0.1, -0.05) is 0 Å². The molecule has 0 aromatic heterocycles. The third-order valence-corrected chi connectivity index (χ3v) is 3.66. The number of ether oxygens (including phenoxy) is 4. The first-order chi connectivity index (χ1) is 10.4. The topological polar surface area (TPSA) is 104 Å². The lowest BCUT2D eigenvalue weighted by Crippen LogP contribution is -2.34. The predicted molar refractivity (Wildman–Crippen MR) is 79.5 cm³/mol. The summed E-state index contributed by atoms with van der Waals surface area (Å²) in [6.07, 6.45) is 0.161. The third-order valence-electron chi connectivity index (χ3n) is 3.66. The van der Waals surface area contributed by atoms with Crippen LogP contribution < -0.4 is 11.1 Å². The summed E-state index contributed by atoms with van der Waals surface area (Å²) in [4.78, 5) is 15.7. The van der Waals surface area contributed by atoms with Crippen molar-refractivity contribution >= 4 is 12.1 Å². The normalized spacial score (nSPS) is 34.9. The molecule has 0 aliphatic carbocycles. The van der Waals surface area contributed by atoms with Gasteiger partial charge in [-0.05, 0) is 20.9 Å². The van der Waals surface area contributed by atoms with Gasteiger partial charge >= 0.3 is 0 Å². The molecule has 0 saturated carbocycles. The number of nitrogens with zero attached hydrogens (tertiary/aromatic N) is 1. The van der Waals surface area contributed by atoms with Gasteiger partial charge in [0.1, 0.15) is 18.3 Å². The molecule has 1 amide bonds. The van der Waals surface area contributed by atoms with Crippen molar-refractivity contribution in [2.45, 2.75) is 44.2 Å². The standard InChI is InChI=1S/C14H25N3O5/c1-14(2)21-10-9(7-19-4)20-13(11(10)22-14)17-6-8(5-16-3)12(15)18/h6,8-11,13,16H,5,7H2,1-4H3,(H2,15,18). The van der Waals surface area contributed by atoms with Crippen LogP contribution in [-0.4, -0.2) is 69.8 Å². The Balaban J connectivity index is 2.08. The molecule has 3 N–H and O–H groups in total. The van der Waals surface area contributed by atoms with Crippen LogP contribution in [0.25, 0.3) is 0 Å². The molecule has 5 atom stereocenters. The Kier molecular flexibility index (Phi) is 5.51. The van der Waals surface area contributed by atoms with Crippen LogP contribution in [-0.2, 0) is 23.7 Å². The van der Waals surface area contributed by atoms with Crippen LogP contribution in [0.15, 0.2) is 4.99 Å². The van der Waals surface area contributed by atoms with E-state index >= 15 is 0 Å². The number of amides is 1. The van der Waals surface area contributed by atoms with E-state index in [-0.39, 0.29) is 18.3 Å². The molecular weight excluding hydrogens is 290 g/mol. The Morgan fingerprint density at radius 3 is 2.73 bits per heavy atom. The Morgan fingerprint density at radius 2 is 2.14 bits per heavy atom. The number of carbonyl (C=O) groups excluding carboxylic acids is 1. The maximum atomic E-state index is 11.4. The largest absolute Gasteiger partial charge is 0.382 e. The summed E-state index contributed by atoms with van der Waals surface area (Å²) >= 11 is 0. The van der Waals surface area contributed by atoms with E-state index in [4.69, 9.17) is 24.7 Å². The lowest BCUT2D eigenvalue weighted by atomic mass is 10.1. The highest BCUT2D eigenvalue weighted by atomic mass is 16.8. The second-order valence-electron chi connectivity index (χ2n) is 5.95. The van der Waals surface area contributed by atoms with Gasteiger partial charge in [-0.3, -0.25) is 9.79 Å². The zero-order valence-corrected chi connectivity index (χ0v) is 13.4. The zero-order valence-electron chi connectivity index (χ0n) is 13.4. The van der Waals surface area contributed by atoms with Crippen molar-refractivity contribution in [3.05, 3.63) is 0 Å². The second-order valence-corrected chi connectivity index (χ2v) is 5.95. The van der Waals surface area contributed by atoms with Gasteiger partial charge in [0.05, 0.1) is 12.5 Å². The molecule has 2 aliphatic rings. The minimum atomic E-state index is -0.688. The SMILES string of the molecule is CNCC(C=NC1OC(COC)C2OC(C)(C)OC12)C(N)=O. The molecule has 0 spiro atoms. The summed E-state index contributed by atoms with van der Waals surface area (Å²) in [7, 11) is 3.35. The molecule has 8 heteroatoms. The number of primary amides is 1. The number of fused-ring (bicyclic) bond motifs is 1. The van der Waals surface area contributed by atoms with Crippen LogP contribution in [0, 0.1) is 5.92 Å². The summed E-state index contributed by atoms with van der Waals surface area (Å²) in [6, 6.07) is 0. The molecule has 2 heterocycles. The summed E-state index contributed by atoms with van der Waals surface area (Å²) < 4.78 is 22.7. The lowest BCUT2D eigenvalue weighted by molar-refractivity contribution is -0.190.